The molecule has 1 aromatic carbocycles. The van der Waals surface area contributed by atoms with E-state index in [0.29, 0.717) is 0 Å². The van der Waals surface area contributed by atoms with E-state index < -0.39 is 0 Å². The van der Waals surface area contributed by atoms with E-state index in [1.165, 1.54) is 23.7 Å². The molecule has 2 aromatic rings. The van der Waals surface area contributed by atoms with E-state index >= 15 is 0 Å². The third-order valence-corrected chi connectivity index (χ3v) is 4.24. The van der Waals surface area contributed by atoms with Gasteiger partial charge in [-0.3, -0.25) is 0 Å². The van der Waals surface area contributed by atoms with E-state index in [4.69, 9.17) is 10.5 Å². The van der Waals surface area contributed by atoms with Crippen molar-refractivity contribution < 1.29 is 4.74 Å². The van der Waals surface area contributed by atoms with Crippen LogP contribution in [0.15, 0.2) is 24.4 Å². The van der Waals surface area contributed by atoms with Gasteiger partial charge in [-0.1, -0.05) is 12.8 Å². The SMILES string of the molecule is COc1cc2ccn(C)c2cc1C1(N)CCCC1. The molecule has 0 atom stereocenters. The molecule has 3 nitrogen and oxygen atoms in total. The minimum atomic E-state index is -0.205. The number of nitrogens with zero attached hydrogens (tertiary/aromatic N) is 1. The van der Waals surface area contributed by atoms with E-state index in [9.17, 15) is 0 Å². The lowest BCUT2D eigenvalue weighted by Gasteiger charge is -2.26. The molecule has 0 aliphatic heterocycles. The molecule has 0 spiro atoms. The Balaban J connectivity index is 2.22. The number of benzene rings is 1. The van der Waals surface area contributed by atoms with Gasteiger partial charge in [0.15, 0.2) is 0 Å². The van der Waals surface area contributed by atoms with Gasteiger partial charge in [0.2, 0.25) is 0 Å². The van der Waals surface area contributed by atoms with Crippen molar-refractivity contribution in [3.8, 4) is 5.75 Å². The molecule has 18 heavy (non-hydrogen) atoms. The van der Waals surface area contributed by atoms with Gasteiger partial charge in [-0.15, -0.1) is 0 Å². The summed E-state index contributed by atoms with van der Waals surface area (Å²) in [6.45, 7) is 0. The largest absolute Gasteiger partial charge is 0.496 e. The van der Waals surface area contributed by atoms with Gasteiger partial charge in [0, 0.05) is 35.2 Å². The van der Waals surface area contributed by atoms with Crippen LogP contribution in [-0.4, -0.2) is 11.7 Å². The minimum absolute atomic E-state index is 0.205. The summed E-state index contributed by atoms with van der Waals surface area (Å²) in [5, 5.41) is 1.21. The van der Waals surface area contributed by atoms with Gasteiger partial charge < -0.3 is 15.0 Å². The third kappa shape index (κ3) is 1.62. The van der Waals surface area contributed by atoms with Gasteiger partial charge in [0.25, 0.3) is 0 Å². The van der Waals surface area contributed by atoms with Gasteiger partial charge in [-0.2, -0.15) is 0 Å². The van der Waals surface area contributed by atoms with Crippen molar-refractivity contribution in [1.82, 2.24) is 4.57 Å². The molecule has 1 aliphatic carbocycles. The molecule has 0 amide bonds. The first-order valence-electron chi connectivity index (χ1n) is 6.56. The quantitative estimate of drug-likeness (QED) is 0.882. The van der Waals surface area contributed by atoms with Crippen LogP contribution in [0.5, 0.6) is 5.75 Å². The van der Waals surface area contributed by atoms with E-state index in [1.54, 1.807) is 7.11 Å². The molecule has 1 heterocycles. The summed E-state index contributed by atoms with van der Waals surface area (Å²) in [6, 6.07) is 6.43. The number of aryl methyl sites for hydroxylation is 1. The summed E-state index contributed by atoms with van der Waals surface area (Å²) in [5.41, 5.74) is 8.76. The maximum atomic E-state index is 6.58. The Morgan fingerprint density at radius 3 is 2.67 bits per heavy atom. The monoisotopic (exact) mass is 244 g/mol. The summed E-state index contributed by atoms with van der Waals surface area (Å²) in [6.07, 6.45) is 6.61. The van der Waals surface area contributed by atoms with Crippen LogP contribution < -0.4 is 10.5 Å². The van der Waals surface area contributed by atoms with Gasteiger partial charge in [0.05, 0.1) is 7.11 Å². The lowest BCUT2D eigenvalue weighted by Crippen LogP contribution is -2.33. The van der Waals surface area contributed by atoms with Gasteiger partial charge in [-0.25, -0.2) is 0 Å². The number of rotatable bonds is 2. The van der Waals surface area contributed by atoms with Gasteiger partial charge >= 0.3 is 0 Å². The molecule has 96 valence electrons. The molecule has 1 saturated carbocycles. The molecule has 1 aliphatic rings. The van der Waals surface area contributed by atoms with Crippen LogP contribution in [-0.2, 0) is 12.6 Å². The van der Waals surface area contributed by atoms with Crippen molar-refractivity contribution >= 4 is 10.9 Å². The molecular weight excluding hydrogens is 224 g/mol. The first-order valence-corrected chi connectivity index (χ1v) is 6.56. The van der Waals surface area contributed by atoms with Crippen molar-refractivity contribution in [2.24, 2.45) is 12.8 Å². The van der Waals surface area contributed by atoms with Crippen LogP contribution in [0.25, 0.3) is 10.9 Å². The van der Waals surface area contributed by atoms with Crippen LogP contribution in [0.2, 0.25) is 0 Å². The average molecular weight is 244 g/mol. The van der Waals surface area contributed by atoms with Crippen LogP contribution in [0.3, 0.4) is 0 Å². The number of fused-ring (bicyclic) bond motifs is 1. The highest BCUT2D eigenvalue weighted by atomic mass is 16.5. The molecule has 3 rings (SSSR count). The molecule has 1 aromatic heterocycles. The lowest BCUT2D eigenvalue weighted by molar-refractivity contribution is 0.380. The van der Waals surface area contributed by atoms with Crippen molar-refractivity contribution in [3.63, 3.8) is 0 Å². The maximum Gasteiger partial charge on any atom is 0.124 e. The highest BCUT2D eigenvalue weighted by Crippen LogP contribution is 2.42. The molecule has 0 saturated heterocycles. The van der Waals surface area contributed by atoms with Crippen molar-refractivity contribution in [2.75, 3.05) is 7.11 Å². The fourth-order valence-corrected chi connectivity index (χ4v) is 3.13. The normalized spacial score (nSPS) is 18.4. The maximum absolute atomic E-state index is 6.58. The lowest BCUT2D eigenvalue weighted by atomic mass is 9.88. The average Bonchev–Trinajstić information content (AvgIpc) is 2.96. The highest BCUT2D eigenvalue weighted by molar-refractivity contribution is 5.83. The molecule has 2 N–H and O–H groups in total. The number of aromatic nitrogens is 1. The number of ether oxygens (including phenoxy) is 1. The number of hydrogen-bond donors (Lipinski definition) is 1. The Kier molecular flexibility index (Phi) is 2.59. The Morgan fingerprint density at radius 2 is 2.00 bits per heavy atom. The summed E-state index contributed by atoms with van der Waals surface area (Å²) < 4.78 is 7.69. The second-order valence-corrected chi connectivity index (χ2v) is 5.40. The second kappa shape index (κ2) is 4.02. The van der Waals surface area contributed by atoms with E-state index in [-0.39, 0.29) is 5.54 Å². The summed E-state index contributed by atoms with van der Waals surface area (Å²) in [5.74, 6) is 0.929. The topological polar surface area (TPSA) is 40.2 Å². The fraction of sp³-hybridized carbons (Fsp3) is 0.467. The van der Waals surface area contributed by atoms with Crippen LogP contribution >= 0.6 is 0 Å². The molecular formula is C15H20N2O. The van der Waals surface area contributed by atoms with Crippen LogP contribution in [0, 0.1) is 0 Å². The number of nitrogens with two attached hydrogens (primary N) is 1. The first kappa shape index (κ1) is 11.6. The van der Waals surface area contributed by atoms with Crippen molar-refractivity contribution in [2.45, 2.75) is 31.2 Å². The third-order valence-electron chi connectivity index (χ3n) is 4.24. The fourth-order valence-electron chi connectivity index (χ4n) is 3.13. The molecule has 0 radical (unpaired) electrons. The standard InChI is InChI=1S/C15H20N2O/c1-17-8-5-11-9-14(18-2)12(10-13(11)17)15(16)6-3-4-7-15/h5,8-10H,3-4,6-7,16H2,1-2H3. The minimum Gasteiger partial charge on any atom is -0.496 e. The Labute approximate surface area is 108 Å². The zero-order chi connectivity index (χ0) is 12.8. The van der Waals surface area contributed by atoms with Crippen molar-refractivity contribution in [1.29, 1.82) is 0 Å². The van der Waals surface area contributed by atoms with E-state index in [1.807, 2.05) is 0 Å². The Morgan fingerprint density at radius 1 is 1.28 bits per heavy atom. The molecule has 1 fully saturated rings. The summed E-state index contributed by atoms with van der Waals surface area (Å²) in [7, 11) is 3.79. The highest BCUT2D eigenvalue weighted by Gasteiger charge is 2.34. The van der Waals surface area contributed by atoms with E-state index in [2.05, 4.69) is 36.0 Å². The first-order chi connectivity index (χ1) is 8.64. The zero-order valence-electron chi connectivity index (χ0n) is 11.1. The van der Waals surface area contributed by atoms with Gasteiger partial charge in [-0.05, 0) is 31.0 Å². The zero-order valence-corrected chi connectivity index (χ0v) is 11.1. The molecule has 0 bridgehead atoms. The number of methoxy groups -OCH3 is 1. The summed E-state index contributed by atoms with van der Waals surface area (Å²) in [4.78, 5) is 0. The van der Waals surface area contributed by atoms with Gasteiger partial charge in [0.1, 0.15) is 5.75 Å². The van der Waals surface area contributed by atoms with Crippen LogP contribution in [0.4, 0.5) is 0 Å². The predicted molar refractivity (Wildman–Crippen MR) is 73.8 cm³/mol. The smallest absolute Gasteiger partial charge is 0.124 e. The Hall–Kier alpha value is -1.48. The number of hydrogen-bond acceptors (Lipinski definition) is 2. The predicted octanol–water partition coefficient (Wildman–Crippen LogP) is 2.91. The summed E-state index contributed by atoms with van der Waals surface area (Å²) >= 11 is 0. The van der Waals surface area contributed by atoms with E-state index in [0.717, 1.165) is 24.2 Å². The molecule has 3 heteroatoms. The Bertz CT molecular complexity index is 579. The van der Waals surface area contributed by atoms with Crippen molar-refractivity contribution in [3.05, 3.63) is 30.0 Å². The second-order valence-electron chi connectivity index (χ2n) is 5.40. The molecule has 0 unspecified atom stereocenters. The van der Waals surface area contributed by atoms with Crippen LogP contribution in [0.1, 0.15) is 31.2 Å².